The fourth-order valence-corrected chi connectivity index (χ4v) is 8.64. The van der Waals surface area contributed by atoms with Gasteiger partial charge in [-0.05, 0) is 75.2 Å². The molecule has 1 aliphatic heterocycles. The first-order valence-corrected chi connectivity index (χ1v) is 13.3. The van der Waals surface area contributed by atoms with Gasteiger partial charge in [0.25, 0.3) is 0 Å². The molecule has 4 aromatic carbocycles. The van der Waals surface area contributed by atoms with E-state index in [9.17, 15) is 5.11 Å². The van der Waals surface area contributed by atoms with E-state index in [0.717, 1.165) is 5.46 Å². The Kier molecular flexibility index (Phi) is 5.72. The van der Waals surface area contributed by atoms with E-state index in [1.165, 1.54) is 30.7 Å². The summed E-state index contributed by atoms with van der Waals surface area (Å²) in [5.41, 5.74) is 1.83. The SMILES string of the molecule is CC(C)(O)C(C)(C)O[B]c1ccc2c(c1)-c1ccccc1S2(c1ccccc1)c1ccccc1. The number of benzene rings is 4. The van der Waals surface area contributed by atoms with E-state index in [2.05, 4.69) is 103 Å². The summed E-state index contributed by atoms with van der Waals surface area (Å²) < 4.78 is 6.08. The maximum atomic E-state index is 10.5. The van der Waals surface area contributed by atoms with Crippen molar-refractivity contribution in [1.29, 1.82) is 0 Å². The molecule has 0 saturated carbocycles. The Labute approximate surface area is 205 Å². The maximum absolute atomic E-state index is 10.5. The molecule has 1 radical (unpaired) electrons. The van der Waals surface area contributed by atoms with Gasteiger partial charge in [0.1, 0.15) is 0 Å². The van der Waals surface area contributed by atoms with Gasteiger partial charge in [-0.15, -0.1) is 10.0 Å². The van der Waals surface area contributed by atoms with E-state index in [1.54, 1.807) is 21.3 Å². The van der Waals surface area contributed by atoms with Crippen LogP contribution in [0.15, 0.2) is 123 Å². The van der Waals surface area contributed by atoms with Crippen molar-refractivity contribution in [1.82, 2.24) is 0 Å². The van der Waals surface area contributed by atoms with Crippen LogP contribution in [0.25, 0.3) is 11.1 Å². The van der Waals surface area contributed by atoms with Crippen LogP contribution in [0.4, 0.5) is 0 Å². The van der Waals surface area contributed by atoms with Gasteiger partial charge in [0.2, 0.25) is 0 Å². The zero-order valence-electron chi connectivity index (χ0n) is 20.2. The minimum absolute atomic E-state index is 0.715. The highest BCUT2D eigenvalue weighted by Gasteiger charge is 2.42. The summed E-state index contributed by atoms with van der Waals surface area (Å²) in [6.07, 6.45) is 0. The van der Waals surface area contributed by atoms with Crippen molar-refractivity contribution in [3.63, 3.8) is 0 Å². The summed E-state index contributed by atoms with van der Waals surface area (Å²) in [5.74, 6) is 0. The second-order valence-electron chi connectivity index (χ2n) is 9.80. The standard InChI is InChI=1S/C30H30BO2S/c1-29(2,32)30(3,4)33-31-22-19-20-28-26(21-22)25-17-11-12-18-27(25)34(28,23-13-7-5-8-14-23)24-15-9-6-10-16-24/h5-21,32H,1-4H3. The highest BCUT2D eigenvalue weighted by atomic mass is 32.3. The molecule has 0 aromatic heterocycles. The average Bonchev–Trinajstić information content (AvgIpc) is 3.14. The van der Waals surface area contributed by atoms with Gasteiger partial charge in [0.05, 0.1) is 11.2 Å². The third-order valence-corrected chi connectivity index (χ3v) is 11.0. The maximum Gasteiger partial charge on any atom is 0.330 e. The highest BCUT2D eigenvalue weighted by Crippen LogP contribution is 2.79. The molecule has 5 rings (SSSR count). The second-order valence-corrected chi connectivity index (χ2v) is 12.8. The number of hydrogen-bond donors (Lipinski definition) is 1. The lowest BCUT2D eigenvalue weighted by Crippen LogP contribution is -2.49. The van der Waals surface area contributed by atoms with E-state index in [-0.39, 0.29) is 0 Å². The Bertz CT molecular complexity index is 1270. The fraction of sp³-hybridized carbons (Fsp3) is 0.200. The van der Waals surface area contributed by atoms with Gasteiger partial charge in [-0.1, -0.05) is 72.2 Å². The van der Waals surface area contributed by atoms with Gasteiger partial charge in [0, 0.05) is 19.6 Å². The summed E-state index contributed by atoms with van der Waals surface area (Å²) in [4.78, 5) is 5.40. The monoisotopic (exact) mass is 465 g/mol. The van der Waals surface area contributed by atoms with E-state index >= 15 is 0 Å². The van der Waals surface area contributed by atoms with E-state index in [0.29, 0.717) is 0 Å². The second kappa shape index (κ2) is 8.46. The minimum Gasteiger partial charge on any atom is -0.427 e. The van der Waals surface area contributed by atoms with Crippen LogP contribution >= 0.6 is 10.0 Å². The van der Waals surface area contributed by atoms with Gasteiger partial charge in [0.15, 0.2) is 0 Å². The van der Waals surface area contributed by atoms with Crippen molar-refractivity contribution in [2.75, 3.05) is 0 Å². The topological polar surface area (TPSA) is 29.5 Å². The Morgan fingerprint density at radius 2 is 1.18 bits per heavy atom. The van der Waals surface area contributed by atoms with Crippen LogP contribution in [-0.2, 0) is 4.65 Å². The van der Waals surface area contributed by atoms with Gasteiger partial charge >= 0.3 is 7.48 Å². The Morgan fingerprint density at radius 3 is 1.76 bits per heavy atom. The molecule has 4 heteroatoms. The van der Waals surface area contributed by atoms with Crippen LogP contribution in [0.2, 0.25) is 0 Å². The Morgan fingerprint density at radius 1 is 0.647 bits per heavy atom. The van der Waals surface area contributed by atoms with Crippen LogP contribution < -0.4 is 5.46 Å². The van der Waals surface area contributed by atoms with Crippen LogP contribution in [0.5, 0.6) is 0 Å². The summed E-state index contributed by atoms with van der Waals surface area (Å²) in [5, 5.41) is 10.5. The third kappa shape index (κ3) is 3.61. The first-order valence-electron chi connectivity index (χ1n) is 11.7. The Hall–Kier alpha value is -2.79. The number of fused-ring (bicyclic) bond motifs is 3. The van der Waals surface area contributed by atoms with Crippen LogP contribution in [-0.4, -0.2) is 23.8 Å². The van der Waals surface area contributed by atoms with Gasteiger partial charge in [-0.2, -0.15) is 0 Å². The van der Waals surface area contributed by atoms with Crippen molar-refractivity contribution in [3.8, 4) is 11.1 Å². The van der Waals surface area contributed by atoms with Crippen LogP contribution in [0.1, 0.15) is 27.7 Å². The van der Waals surface area contributed by atoms with Gasteiger partial charge in [-0.25, -0.2) is 0 Å². The predicted molar refractivity (Wildman–Crippen MR) is 142 cm³/mol. The molecule has 1 heterocycles. The van der Waals surface area contributed by atoms with Crippen molar-refractivity contribution < 1.29 is 9.76 Å². The molecule has 2 nitrogen and oxygen atoms in total. The molecule has 0 bridgehead atoms. The molecule has 0 aliphatic carbocycles. The average molecular weight is 465 g/mol. The van der Waals surface area contributed by atoms with E-state index < -0.39 is 21.2 Å². The number of aliphatic hydroxyl groups is 1. The molecule has 1 N–H and O–H groups in total. The third-order valence-electron chi connectivity index (χ3n) is 7.00. The quantitative estimate of drug-likeness (QED) is 0.279. The Balaban J connectivity index is 1.69. The first kappa shape index (κ1) is 23.0. The molecule has 171 valence electrons. The molecule has 1 aliphatic rings. The fourth-order valence-electron chi connectivity index (χ4n) is 4.43. The van der Waals surface area contributed by atoms with Crippen molar-refractivity contribution in [2.45, 2.75) is 58.5 Å². The molecule has 34 heavy (non-hydrogen) atoms. The zero-order chi connectivity index (χ0) is 24.0. The van der Waals surface area contributed by atoms with Crippen molar-refractivity contribution in [3.05, 3.63) is 103 Å². The molecule has 0 atom stereocenters. The van der Waals surface area contributed by atoms with E-state index in [1.807, 2.05) is 13.8 Å². The molecule has 4 aromatic rings. The van der Waals surface area contributed by atoms with Gasteiger partial charge < -0.3 is 9.76 Å². The lowest BCUT2D eigenvalue weighted by molar-refractivity contribution is -0.0893. The number of rotatable bonds is 6. The lowest BCUT2D eigenvalue weighted by Gasteiger charge is -2.39. The van der Waals surface area contributed by atoms with Crippen LogP contribution in [0.3, 0.4) is 0 Å². The lowest BCUT2D eigenvalue weighted by atomic mass is 9.81. The minimum atomic E-state index is -1.62. The largest absolute Gasteiger partial charge is 0.427 e. The molecule has 0 fully saturated rings. The molecule has 0 saturated heterocycles. The van der Waals surface area contributed by atoms with Crippen LogP contribution in [0, 0.1) is 0 Å². The molecular weight excluding hydrogens is 435 g/mol. The van der Waals surface area contributed by atoms with E-state index in [4.69, 9.17) is 4.65 Å². The molecular formula is C30H30BO2S. The summed E-state index contributed by atoms with van der Waals surface area (Å²) >= 11 is 0. The van der Waals surface area contributed by atoms with Crippen molar-refractivity contribution >= 4 is 23.0 Å². The summed E-state index contributed by atoms with van der Waals surface area (Å²) in [6.45, 7) is 7.37. The first-order chi connectivity index (χ1) is 16.2. The molecule has 0 unspecified atom stereocenters. The molecule has 0 spiro atoms. The predicted octanol–water partition coefficient (Wildman–Crippen LogP) is 6.82. The zero-order valence-corrected chi connectivity index (χ0v) is 21.0. The van der Waals surface area contributed by atoms with Crippen molar-refractivity contribution in [2.24, 2.45) is 0 Å². The smallest absolute Gasteiger partial charge is 0.330 e. The summed E-state index contributed by atoms with van der Waals surface area (Å²) in [6, 6.07) is 37.3. The highest BCUT2D eigenvalue weighted by molar-refractivity contribution is 8.34. The van der Waals surface area contributed by atoms with Gasteiger partial charge in [-0.3, -0.25) is 0 Å². The normalized spacial score (nSPS) is 15.3. The summed E-state index contributed by atoms with van der Waals surface area (Å²) in [7, 11) is 0.164. The molecule has 0 amide bonds. The number of hydrogen-bond acceptors (Lipinski definition) is 2.